The van der Waals surface area contributed by atoms with Gasteiger partial charge in [-0.3, -0.25) is 0 Å². The molecular formula is C19H22BrN7O. The quantitative estimate of drug-likeness (QED) is 0.446. The number of hydrogen-bond acceptors (Lipinski definition) is 6. The van der Waals surface area contributed by atoms with Crippen LogP contribution in [0.2, 0.25) is 0 Å². The second-order valence-electron chi connectivity index (χ2n) is 6.70. The third-order valence-electron chi connectivity index (χ3n) is 4.44. The van der Waals surface area contributed by atoms with Crippen molar-refractivity contribution >= 4 is 49.8 Å². The zero-order chi connectivity index (χ0) is 19.8. The number of anilines is 2. The van der Waals surface area contributed by atoms with E-state index in [1.807, 2.05) is 29.9 Å². The van der Waals surface area contributed by atoms with Gasteiger partial charge in [-0.15, -0.1) is 0 Å². The molecule has 4 aromatic heterocycles. The summed E-state index contributed by atoms with van der Waals surface area (Å²) in [5.74, 6) is 1.61. The summed E-state index contributed by atoms with van der Waals surface area (Å²) in [5, 5.41) is 9.45. The summed E-state index contributed by atoms with van der Waals surface area (Å²) in [5.41, 5.74) is 2.60. The number of pyridine rings is 1. The van der Waals surface area contributed by atoms with Gasteiger partial charge in [0.15, 0.2) is 5.65 Å². The molecule has 0 aliphatic rings. The largest absolute Gasteiger partial charge is 0.477 e. The minimum Gasteiger partial charge on any atom is -0.477 e. The molecule has 0 fully saturated rings. The van der Waals surface area contributed by atoms with E-state index in [4.69, 9.17) is 9.72 Å². The third kappa shape index (κ3) is 3.19. The molecule has 0 saturated carbocycles. The lowest BCUT2D eigenvalue weighted by Gasteiger charge is -2.10. The molecule has 4 heterocycles. The molecule has 2 N–H and O–H groups in total. The lowest BCUT2D eigenvalue weighted by molar-refractivity contribution is 0.331. The van der Waals surface area contributed by atoms with Crippen molar-refractivity contribution in [3.05, 3.63) is 28.5 Å². The monoisotopic (exact) mass is 443 g/mol. The maximum atomic E-state index is 5.77. The maximum Gasteiger partial charge on any atom is 0.233 e. The average Bonchev–Trinajstić information content (AvgIpc) is 3.22. The van der Waals surface area contributed by atoms with Gasteiger partial charge >= 0.3 is 0 Å². The van der Waals surface area contributed by atoms with Gasteiger partial charge in [-0.1, -0.05) is 6.92 Å². The second-order valence-corrected chi connectivity index (χ2v) is 7.49. The van der Waals surface area contributed by atoms with Gasteiger partial charge in [-0.2, -0.15) is 15.1 Å². The van der Waals surface area contributed by atoms with Crippen LogP contribution in [-0.4, -0.2) is 36.3 Å². The lowest BCUT2D eigenvalue weighted by Crippen LogP contribution is -2.05. The standard InChI is InChI=1S/C19H22BrN7O/c1-5-12-15(20)14-16(22-12)25-19(26-18(14)28-6-2)24-13-8-7-11-9-21-27(10(3)4)17(11)23-13/h7-10H,5-6H2,1-4H3,(H2,22,23,24,25,26). The van der Waals surface area contributed by atoms with Crippen molar-refractivity contribution < 1.29 is 4.74 Å². The van der Waals surface area contributed by atoms with E-state index in [1.54, 1.807) is 0 Å². The molecule has 0 spiro atoms. The number of rotatable bonds is 6. The van der Waals surface area contributed by atoms with E-state index < -0.39 is 0 Å². The van der Waals surface area contributed by atoms with E-state index in [-0.39, 0.29) is 6.04 Å². The number of nitrogens with zero attached hydrogens (tertiary/aromatic N) is 5. The Morgan fingerprint density at radius 1 is 1.21 bits per heavy atom. The van der Waals surface area contributed by atoms with Gasteiger partial charge in [0.05, 0.1) is 22.7 Å². The van der Waals surface area contributed by atoms with Crippen molar-refractivity contribution in [2.75, 3.05) is 11.9 Å². The van der Waals surface area contributed by atoms with Gasteiger partial charge in [-0.05, 0) is 55.3 Å². The minimum absolute atomic E-state index is 0.223. The van der Waals surface area contributed by atoms with Crippen LogP contribution >= 0.6 is 15.9 Å². The van der Waals surface area contributed by atoms with E-state index in [1.165, 1.54) is 0 Å². The van der Waals surface area contributed by atoms with Crippen molar-refractivity contribution in [2.24, 2.45) is 0 Å². The van der Waals surface area contributed by atoms with Crippen molar-refractivity contribution in [3.63, 3.8) is 0 Å². The molecule has 4 aromatic rings. The van der Waals surface area contributed by atoms with Crippen molar-refractivity contribution in [1.29, 1.82) is 0 Å². The van der Waals surface area contributed by atoms with Crippen LogP contribution in [0.1, 0.15) is 39.4 Å². The molecule has 0 amide bonds. The molecule has 9 heteroatoms. The molecule has 0 bridgehead atoms. The number of aromatic amines is 1. The number of ether oxygens (including phenoxy) is 1. The Morgan fingerprint density at radius 3 is 2.75 bits per heavy atom. The number of halogens is 1. The summed E-state index contributed by atoms with van der Waals surface area (Å²) in [6.07, 6.45) is 2.67. The van der Waals surface area contributed by atoms with Crippen LogP contribution < -0.4 is 10.1 Å². The van der Waals surface area contributed by atoms with Gasteiger partial charge in [0.25, 0.3) is 0 Å². The molecule has 0 radical (unpaired) electrons. The lowest BCUT2D eigenvalue weighted by atomic mass is 10.3. The first-order valence-corrected chi connectivity index (χ1v) is 10.1. The molecular weight excluding hydrogens is 422 g/mol. The smallest absolute Gasteiger partial charge is 0.233 e. The first-order chi connectivity index (χ1) is 13.5. The van der Waals surface area contributed by atoms with Gasteiger partial charge in [0, 0.05) is 17.1 Å². The fraction of sp³-hybridized carbons (Fsp3) is 0.368. The molecule has 0 aliphatic heterocycles. The minimum atomic E-state index is 0.223. The van der Waals surface area contributed by atoms with Crippen LogP contribution in [-0.2, 0) is 6.42 Å². The number of nitrogens with one attached hydrogen (secondary N) is 2. The van der Waals surface area contributed by atoms with Gasteiger partial charge in [0.2, 0.25) is 11.8 Å². The zero-order valence-corrected chi connectivity index (χ0v) is 17.8. The highest BCUT2D eigenvalue weighted by Crippen LogP contribution is 2.34. The fourth-order valence-corrected chi connectivity index (χ4v) is 3.84. The summed E-state index contributed by atoms with van der Waals surface area (Å²) in [4.78, 5) is 17.2. The van der Waals surface area contributed by atoms with Crippen LogP contribution in [0.15, 0.2) is 22.8 Å². The highest BCUT2D eigenvalue weighted by atomic mass is 79.9. The highest BCUT2D eigenvalue weighted by molar-refractivity contribution is 9.10. The van der Waals surface area contributed by atoms with Crippen molar-refractivity contribution in [1.82, 2.24) is 29.7 Å². The topological polar surface area (TPSA) is 93.5 Å². The van der Waals surface area contributed by atoms with E-state index in [0.29, 0.717) is 24.3 Å². The predicted molar refractivity (Wildman–Crippen MR) is 113 cm³/mol. The van der Waals surface area contributed by atoms with Crippen molar-refractivity contribution in [2.45, 2.75) is 40.2 Å². The van der Waals surface area contributed by atoms with Gasteiger partial charge in [-0.25, -0.2) is 9.67 Å². The first-order valence-electron chi connectivity index (χ1n) is 9.34. The first kappa shape index (κ1) is 18.7. The maximum absolute atomic E-state index is 5.77. The Morgan fingerprint density at radius 2 is 2.04 bits per heavy atom. The Balaban J connectivity index is 1.77. The Kier molecular flexibility index (Phi) is 4.92. The van der Waals surface area contributed by atoms with E-state index in [9.17, 15) is 0 Å². The van der Waals surface area contributed by atoms with E-state index in [2.05, 4.69) is 62.1 Å². The highest BCUT2D eigenvalue weighted by Gasteiger charge is 2.18. The fourth-order valence-electron chi connectivity index (χ4n) is 3.10. The Hall–Kier alpha value is -2.68. The van der Waals surface area contributed by atoms with E-state index in [0.717, 1.165) is 38.7 Å². The molecule has 0 unspecified atom stereocenters. The molecule has 4 rings (SSSR count). The second kappa shape index (κ2) is 7.38. The Labute approximate surface area is 170 Å². The molecule has 0 aromatic carbocycles. The van der Waals surface area contributed by atoms with Crippen LogP contribution in [0.4, 0.5) is 11.8 Å². The van der Waals surface area contributed by atoms with Crippen LogP contribution in [0.5, 0.6) is 5.88 Å². The molecule has 0 aliphatic carbocycles. The molecule has 0 atom stereocenters. The summed E-state index contributed by atoms with van der Waals surface area (Å²) >= 11 is 3.63. The van der Waals surface area contributed by atoms with Crippen LogP contribution in [0, 0.1) is 0 Å². The Bertz CT molecular complexity index is 1150. The molecule has 28 heavy (non-hydrogen) atoms. The summed E-state index contributed by atoms with van der Waals surface area (Å²) in [7, 11) is 0. The number of H-pyrrole nitrogens is 1. The molecule has 8 nitrogen and oxygen atoms in total. The van der Waals surface area contributed by atoms with Crippen LogP contribution in [0.25, 0.3) is 22.1 Å². The van der Waals surface area contributed by atoms with Gasteiger partial charge < -0.3 is 15.0 Å². The number of aryl methyl sites for hydroxylation is 1. The third-order valence-corrected chi connectivity index (χ3v) is 5.31. The zero-order valence-electron chi connectivity index (χ0n) is 16.2. The molecule has 0 saturated heterocycles. The normalized spacial score (nSPS) is 11.6. The number of aromatic nitrogens is 6. The van der Waals surface area contributed by atoms with E-state index >= 15 is 0 Å². The van der Waals surface area contributed by atoms with Crippen molar-refractivity contribution in [3.8, 4) is 5.88 Å². The van der Waals surface area contributed by atoms with Gasteiger partial charge in [0.1, 0.15) is 11.5 Å². The number of fused-ring (bicyclic) bond motifs is 2. The summed E-state index contributed by atoms with van der Waals surface area (Å²) in [6, 6.07) is 4.10. The number of hydrogen-bond donors (Lipinski definition) is 2. The molecule has 146 valence electrons. The summed E-state index contributed by atoms with van der Waals surface area (Å²) in [6.45, 7) is 8.69. The SMILES string of the molecule is CCOc1nc(Nc2ccc3cnn(C(C)C)c3n2)nc2[nH]c(CC)c(Br)c12. The average molecular weight is 444 g/mol. The predicted octanol–water partition coefficient (Wildman–Crippen LogP) is 4.75. The van der Waals surface area contributed by atoms with Crippen LogP contribution in [0.3, 0.4) is 0 Å². The summed E-state index contributed by atoms with van der Waals surface area (Å²) < 4.78 is 8.61.